The number of rotatable bonds is 3. The molecule has 4 aliphatic rings. The topological polar surface area (TPSA) is 29.1 Å². The standard InChI is InChI=1S/C22H29NOS4/c1-21(25-9-10-26-21)16-5-7-19(8-6-16)23-20(24)15-13-17-3-2-4-18(14-15)22(17)27-11-12-28-22/h5-8,15,17-18H,2-4,9-14H2,1H3,(H,23,24). The smallest absolute Gasteiger partial charge is 0.227 e. The predicted octanol–water partition coefficient (Wildman–Crippen LogP) is 6.28. The Morgan fingerprint density at radius 3 is 2.11 bits per heavy atom. The zero-order valence-electron chi connectivity index (χ0n) is 16.4. The molecule has 1 amide bonds. The van der Waals surface area contributed by atoms with Crippen LogP contribution in [0.15, 0.2) is 24.3 Å². The molecule has 0 aromatic heterocycles. The van der Waals surface area contributed by atoms with E-state index in [0.29, 0.717) is 4.08 Å². The fraction of sp³-hybridized carbons (Fsp3) is 0.682. The fourth-order valence-electron chi connectivity index (χ4n) is 5.61. The molecule has 1 aromatic carbocycles. The second kappa shape index (κ2) is 7.97. The molecule has 2 heterocycles. The second-order valence-electron chi connectivity index (χ2n) is 8.62. The molecule has 2 atom stereocenters. The second-order valence-corrected chi connectivity index (χ2v) is 14.9. The Balaban J connectivity index is 1.25. The van der Waals surface area contributed by atoms with Crippen molar-refractivity contribution in [1.29, 1.82) is 0 Å². The van der Waals surface area contributed by atoms with Crippen molar-refractivity contribution in [3.8, 4) is 0 Å². The molecule has 2 unspecified atom stereocenters. The number of carbonyl (C=O) groups is 1. The van der Waals surface area contributed by atoms with Gasteiger partial charge >= 0.3 is 0 Å². The van der Waals surface area contributed by atoms with Gasteiger partial charge in [-0.2, -0.15) is 0 Å². The summed E-state index contributed by atoms with van der Waals surface area (Å²) < 4.78 is 0.622. The highest BCUT2D eigenvalue weighted by atomic mass is 32.2. The van der Waals surface area contributed by atoms with E-state index in [4.69, 9.17) is 0 Å². The van der Waals surface area contributed by atoms with Gasteiger partial charge in [-0.3, -0.25) is 4.79 Å². The van der Waals surface area contributed by atoms with Crippen molar-refractivity contribution in [3.05, 3.63) is 29.8 Å². The number of thioether (sulfide) groups is 4. The van der Waals surface area contributed by atoms with E-state index in [1.807, 2.05) is 23.5 Å². The van der Waals surface area contributed by atoms with Gasteiger partial charge in [0.25, 0.3) is 0 Å². The van der Waals surface area contributed by atoms with E-state index in [9.17, 15) is 4.79 Å². The molecule has 2 aliphatic heterocycles. The molecular weight excluding hydrogens is 423 g/mol. The van der Waals surface area contributed by atoms with E-state index in [-0.39, 0.29) is 15.9 Å². The Bertz CT molecular complexity index is 709. The third kappa shape index (κ3) is 3.54. The molecule has 2 saturated heterocycles. The maximum atomic E-state index is 13.1. The minimum atomic E-state index is 0.175. The summed E-state index contributed by atoms with van der Waals surface area (Å²) in [5.74, 6) is 6.96. The van der Waals surface area contributed by atoms with Crippen molar-refractivity contribution >= 4 is 58.6 Å². The average Bonchev–Trinajstić information content (AvgIpc) is 3.33. The molecule has 28 heavy (non-hydrogen) atoms. The van der Waals surface area contributed by atoms with Crippen molar-refractivity contribution in [2.75, 3.05) is 28.3 Å². The van der Waals surface area contributed by atoms with E-state index in [1.54, 1.807) is 0 Å². The number of hydrogen-bond donors (Lipinski definition) is 1. The third-order valence-corrected chi connectivity index (χ3v) is 14.4. The van der Waals surface area contributed by atoms with Crippen LogP contribution in [0.2, 0.25) is 0 Å². The number of hydrogen-bond acceptors (Lipinski definition) is 5. The van der Waals surface area contributed by atoms with Gasteiger partial charge in [0.15, 0.2) is 0 Å². The van der Waals surface area contributed by atoms with Gasteiger partial charge in [0.1, 0.15) is 0 Å². The van der Waals surface area contributed by atoms with Crippen LogP contribution in [0.5, 0.6) is 0 Å². The normalized spacial score (nSPS) is 33.1. The number of anilines is 1. The highest BCUT2D eigenvalue weighted by Gasteiger charge is 2.55. The Labute approximate surface area is 185 Å². The maximum Gasteiger partial charge on any atom is 0.227 e. The summed E-state index contributed by atoms with van der Waals surface area (Å²) in [6.07, 6.45) is 6.19. The van der Waals surface area contributed by atoms with E-state index >= 15 is 0 Å². The van der Waals surface area contributed by atoms with Crippen LogP contribution < -0.4 is 5.32 Å². The lowest BCUT2D eigenvalue weighted by Gasteiger charge is -2.52. The SMILES string of the molecule is CC1(c2ccc(NC(=O)C3CC4CCCC(C3)C43SCCS3)cc2)SCCS1. The highest BCUT2D eigenvalue weighted by Crippen LogP contribution is 2.64. The average molecular weight is 452 g/mol. The van der Waals surface area contributed by atoms with Crippen molar-refractivity contribution in [2.45, 2.75) is 47.2 Å². The van der Waals surface area contributed by atoms with Crippen LogP contribution in [0.1, 0.15) is 44.6 Å². The number of amides is 1. The van der Waals surface area contributed by atoms with Crippen LogP contribution in [-0.2, 0) is 8.87 Å². The molecule has 5 rings (SSSR count). The Morgan fingerprint density at radius 1 is 0.929 bits per heavy atom. The predicted molar refractivity (Wildman–Crippen MR) is 129 cm³/mol. The molecule has 2 nitrogen and oxygen atoms in total. The molecule has 2 bridgehead atoms. The van der Waals surface area contributed by atoms with Gasteiger partial charge in [0, 0.05) is 34.6 Å². The molecule has 2 saturated carbocycles. The Morgan fingerprint density at radius 2 is 1.50 bits per heavy atom. The first-order chi connectivity index (χ1) is 13.6. The van der Waals surface area contributed by atoms with Gasteiger partial charge in [0.2, 0.25) is 5.91 Å². The fourth-order valence-corrected chi connectivity index (χ4v) is 12.4. The van der Waals surface area contributed by atoms with Crippen LogP contribution in [0.3, 0.4) is 0 Å². The lowest BCUT2D eigenvalue weighted by molar-refractivity contribution is -0.122. The summed E-state index contributed by atoms with van der Waals surface area (Å²) in [7, 11) is 0. The van der Waals surface area contributed by atoms with Gasteiger partial charge in [-0.05, 0) is 62.1 Å². The van der Waals surface area contributed by atoms with Crippen molar-refractivity contribution in [2.24, 2.45) is 17.8 Å². The molecule has 6 heteroatoms. The lowest BCUT2D eigenvalue weighted by atomic mass is 9.67. The van der Waals surface area contributed by atoms with E-state index in [0.717, 1.165) is 30.4 Å². The van der Waals surface area contributed by atoms with Crippen molar-refractivity contribution < 1.29 is 4.79 Å². The zero-order valence-corrected chi connectivity index (χ0v) is 19.7. The van der Waals surface area contributed by atoms with Gasteiger partial charge in [0.05, 0.1) is 8.16 Å². The molecule has 1 aromatic rings. The first kappa shape index (κ1) is 20.0. The molecule has 2 aliphatic carbocycles. The van der Waals surface area contributed by atoms with E-state index < -0.39 is 0 Å². The van der Waals surface area contributed by atoms with Crippen LogP contribution >= 0.6 is 47.0 Å². The lowest BCUT2D eigenvalue weighted by Crippen LogP contribution is -2.48. The van der Waals surface area contributed by atoms with Crippen LogP contribution in [0.4, 0.5) is 5.69 Å². The molecule has 1 spiro atoms. The van der Waals surface area contributed by atoms with Crippen LogP contribution in [0, 0.1) is 17.8 Å². The van der Waals surface area contributed by atoms with Gasteiger partial charge in [-0.1, -0.05) is 18.6 Å². The quantitative estimate of drug-likeness (QED) is 0.584. The zero-order chi connectivity index (χ0) is 19.2. The molecule has 4 fully saturated rings. The summed E-state index contributed by atoms with van der Waals surface area (Å²) in [5, 5.41) is 3.24. The first-order valence-electron chi connectivity index (χ1n) is 10.6. The van der Waals surface area contributed by atoms with Gasteiger partial charge in [-0.25, -0.2) is 0 Å². The van der Waals surface area contributed by atoms with E-state index in [2.05, 4.69) is 60.0 Å². The summed E-state index contributed by atoms with van der Waals surface area (Å²) in [4.78, 5) is 13.1. The van der Waals surface area contributed by atoms with Crippen LogP contribution in [-0.4, -0.2) is 33.0 Å². The number of nitrogens with one attached hydrogen (secondary N) is 1. The highest BCUT2D eigenvalue weighted by molar-refractivity contribution is 8.21. The van der Waals surface area contributed by atoms with Crippen molar-refractivity contribution in [1.82, 2.24) is 0 Å². The van der Waals surface area contributed by atoms with Crippen LogP contribution in [0.25, 0.3) is 0 Å². The minimum absolute atomic E-state index is 0.175. The van der Waals surface area contributed by atoms with E-state index in [1.165, 1.54) is 47.8 Å². The molecule has 152 valence electrons. The van der Waals surface area contributed by atoms with Gasteiger partial charge < -0.3 is 5.32 Å². The molecular formula is C22H29NOS4. The monoisotopic (exact) mass is 451 g/mol. The molecule has 1 N–H and O–H groups in total. The van der Waals surface area contributed by atoms with Gasteiger partial charge in [-0.15, -0.1) is 47.0 Å². The minimum Gasteiger partial charge on any atom is -0.326 e. The third-order valence-electron chi connectivity index (χ3n) is 7.01. The summed E-state index contributed by atoms with van der Waals surface area (Å²) in [5.41, 5.74) is 2.32. The Kier molecular flexibility index (Phi) is 5.70. The number of benzene rings is 1. The number of carbonyl (C=O) groups excluding carboxylic acids is 1. The Hall–Kier alpha value is 0.0900. The van der Waals surface area contributed by atoms with Crippen molar-refractivity contribution in [3.63, 3.8) is 0 Å². The summed E-state index contributed by atoms with van der Waals surface area (Å²) in [6.45, 7) is 2.32. The summed E-state index contributed by atoms with van der Waals surface area (Å²) in [6, 6.07) is 8.62. The maximum absolute atomic E-state index is 13.1. The largest absolute Gasteiger partial charge is 0.326 e. The molecule has 0 radical (unpaired) electrons. The first-order valence-corrected chi connectivity index (χ1v) is 14.5. The summed E-state index contributed by atoms with van der Waals surface area (Å²) >= 11 is 8.49.